The van der Waals surface area contributed by atoms with Crippen LogP contribution in [0.2, 0.25) is 0 Å². The van der Waals surface area contributed by atoms with E-state index in [4.69, 9.17) is 4.74 Å². The third-order valence-electron chi connectivity index (χ3n) is 2.70. The maximum atomic E-state index is 5.70. The van der Waals surface area contributed by atoms with E-state index in [1.54, 1.807) is 0 Å². The Balaban J connectivity index is 1.69. The molecule has 1 N–H and O–H groups in total. The molecule has 0 aliphatic carbocycles. The zero-order chi connectivity index (χ0) is 11.2. The number of piperazine rings is 1. The maximum Gasteiger partial charge on any atom is 0.119 e. The Labute approximate surface area is 110 Å². The number of benzene rings is 1. The first kappa shape index (κ1) is 12.1. The lowest BCUT2D eigenvalue weighted by Gasteiger charge is -2.26. The van der Waals surface area contributed by atoms with Gasteiger partial charge in [-0.15, -0.1) is 0 Å². The molecule has 1 fully saturated rings. The summed E-state index contributed by atoms with van der Waals surface area (Å²) in [7, 11) is 0. The van der Waals surface area contributed by atoms with E-state index in [1.165, 1.54) is 3.57 Å². The van der Waals surface area contributed by atoms with Crippen molar-refractivity contribution in [3.63, 3.8) is 0 Å². The Hall–Kier alpha value is -0.330. The van der Waals surface area contributed by atoms with Crippen LogP contribution in [-0.2, 0) is 0 Å². The van der Waals surface area contributed by atoms with Gasteiger partial charge >= 0.3 is 0 Å². The minimum absolute atomic E-state index is 0.778. The molecule has 0 aromatic heterocycles. The van der Waals surface area contributed by atoms with E-state index in [9.17, 15) is 0 Å². The van der Waals surface area contributed by atoms with Crippen molar-refractivity contribution in [3.8, 4) is 5.75 Å². The molecule has 3 nitrogen and oxygen atoms in total. The zero-order valence-electron chi connectivity index (χ0n) is 9.29. The number of hydrogen-bond acceptors (Lipinski definition) is 3. The predicted octanol–water partition coefficient (Wildman–Crippen LogP) is 1.58. The van der Waals surface area contributed by atoms with Crippen molar-refractivity contribution >= 4 is 22.6 Å². The summed E-state index contributed by atoms with van der Waals surface area (Å²) in [5.74, 6) is 0.968. The highest BCUT2D eigenvalue weighted by Crippen LogP contribution is 2.13. The first-order valence-corrected chi connectivity index (χ1v) is 6.74. The van der Waals surface area contributed by atoms with Crippen molar-refractivity contribution in [2.45, 2.75) is 0 Å². The Morgan fingerprint density at radius 1 is 1.19 bits per heavy atom. The number of rotatable bonds is 4. The van der Waals surface area contributed by atoms with Crippen LogP contribution in [0.4, 0.5) is 0 Å². The fourth-order valence-electron chi connectivity index (χ4n) is 1.76. The van der Waals surface area contributed by atoms with Gasteiger partial charge in [-0.05, 0) is 46.9 Å². The van der Waals surface area contributed by atoms with E-state index in [-0.39, 0.29) is 0 Å². The summed E-state index contributed by atoms with van der Waals surface area (Å²) in [5, 5.41) is 3.35. The Bertz CT molecular complexity index is 309. The van der Waals surface area contributed by atoms with E-state index < -0.39 is 0 Å². The molecular weight excluding hydrogens is 315 g/mol. The van der Waals surface area contributed by atoms with Crippen LogP contribution in [0, 0.1) is 3.57 Å². The van der Waals surface area contributed by atoms with Crippen LogP contribution < -0.4 is 10.1 Å². The second-order valence-electron chi connectivity index (χ2n) is 3.89. The van der Waals surface area contributed by atoms with Gasteiger partial charge in [0.25, 0.3) is 0 Å². The molecule has 1 aromatic carbocycles. The quantitative estimate of drug-likeness (QED) is 0.848. The van der Waals surface area contributed by atoms with Crippen molar-refractivity contribution in [1.82, 2.24) is 10.2 Å². The molecule has 1 aliphatic rings. The molecule has 16 heavy (non-hydrogen) atoms. The van der Waals surface area contributed by atoms with Crippen LogP contribution in [-0.4, -0.2) is 44.2 Å². The largest absolute Gasteiger partial charge is 0.492 e. The third kappa shape index (κ3) is 3.92. The first-order chi connectivity index (χ1) is 7.84. The third-order valence-corrected chi connectivity index (χ3v) is 3.42. The van der Waals surface area contributed by atoms with Crippen molar-refractivity contribution in [3.05, 3.63) is 27.8 Å². The lowest BCUT2D eigenvalue weighted by molar-refractivity contribution is 0.191. The van der Waals surface area contributed by atoms with Crippen LogP contribution in [0.5, 0.6) is 5.75 Å². The molecule has 1 saturated heterocycles. The molecule has 88 valence electrons. The standard InChI is InChI=1S/C12H17IN2O/c13-11-1-3-12(4-2-11)16-10-9-15-7-5-14-6-8-15/h1-4,14H,5-10H2. The topological polar surface area (TPSA) is 24.5 Å². The molecule has 0 unspecified atom stereocenters. The molecule has 1 aromatic rings. The molecular formula is C12H17IN2O. The molecule has 0 spiro atoms. The average molecular weight is 332 g/mol. The van der Waals surface area contributed by atoms with Gasteiger partial charge in [-0.2, -0.15) is 0 Å². The summed E-state index contributed by atoms with van der Waals surface area (Å²) in [4.78, 5) is 2.43. The normalized spacial score (nSPS) is 17.3. The number of ether oxygens (including phenoxy) is 1. The number of nitrogens with zero attached hydrogens (tertiary/aromatic N) is 1. The molecule has 1 heterocycles. The summed E-state index contributed by atoms with van der Waals surface area (Å²) in [6.45, 7) is 6.27. The summed E-state index contributed by atoms with van der Waals surface area (Å²) in [6, 6.07) is 8.19. The molecule has 2 rings (SSSR count). The highest BCUT2D eigenvalue weighted by molar-refractivity contribution is 14.1. The molecule has 0 bridgehead atoms. The van der Waals surface area contributed by atoms with E-state index in [0.717, 1.165) is 45.1 Å². The van der Waals surface area contributed by atoms with Gasteiger partial charge in [-0.1, -0.05) is 0 Å². The van der Waals surface area contributed by atoms with E-state index in [0.29, 0.717) is 0 Å². The van der Waals surface area contributed by atoms with Crippen molar-refractivity contribution in [2.24, 2.45) is 0 Å². The molecule has 0 radical (unpaired) electrons. The Kier molecular flexibility index (Phi) is 4.87. The van der Waals surface area contributed by atoms with Crippen LogP contribution in [0.15, 0.2) is 24.3 Å². The average Bonchev–Trinajstić information content (AvgIpc) is 2.33. The van der Waals surface area contributed by atoms with Crippen LogP contribution >= 0.6 is 22.6 Å². The summed E-state index contributed by atoms with van der Waals surface area (Å²) in [5.41, 5.74) is 0. The summed E-state index contributed by atoms with van der Waals surface area (Å²) >= 11 is 2.30. The van der Waals surface area contributed by atoms with Gasteiger partial charge in [-0.25, -0.2) is 0 Å². The number of halogens is 1. The zero-order valence-corrected chi connectivity index (χ0v) is 11.4. The SMILES string of the molecule is Ic1ccc(OCCN2CCNCC2)cc1. The molecule has 0 atom stereocenters. The predicted molar refractivity (Wildman–Crippen MR) is 74.0 cm³/mol. The number of hydrogen-bond donors (Lipinski definition) is 1. The molecule has 4 heteroatoms. The van der Waals surface area contributed by atoms with Gasteiger partial charge in [0, 0.05) is 36.3 Å². The fourth-order valence-corrected chi connectivity index (χ4v) is 2.12. The van der Waals surface area contributed by atoms with Gasteiger partial charge in [0.1, 0.15) is 12.4 Å². The van der Waals surface area contributed by atoms with Crippen LogP contribution in [0.3, 0.4) is 0 Å². The lowest BCUT2D eigenvalue weighted by Crippen LogP contribution is -2.44. The second-order valence-corrected chi connectivity index (χ2v) is 5.14. The molecule has 0 amide bonds. The highest BCUT2D eigenvalue weighted by atomic mass is 127. The van der Waals surface area contributed by atoms with Gasteiger partial charge in [0.2, 0.25) is 0 Å². The Morgan fingerprint density at radius 2 is 1.88 bits per heavy atom. The van der Waals surface area contributed by atoms with Gasteiger partial charge in [0.05, 0.1) is 0 Å². The van der Waals surface area contributed by atoms with Gasteiger partial charge < -0.3 is 10.1 Å². The van der Waals surface area contributed by atoms with Gasteiger partial charge in [-0.3, -0.25) is 4.90 Å². The smallest absolute Gasteiger partial charge is 0.119 e. The van der Waals surface area contributed by atoms with Crippen LogP contribution in [0.25, 0.3) is 0 Å². The monoisotopic (exact) mass is 332 g/mol. The minimum atomic E-state index is 0.778. The lowest BCUT2D eigenvalue weighted by atomic mass is 10.3. The fraction of sp³-hybridized carbons (Fsp3) is 0.500. The first-order valence-electron chi connectivity index (χ1n) is 5.66. The van der Waals surface area contributed by atoms with Crippen molar-refractivity contribution in [2.75, 3.05) is 39.3 Å². The van der Waals surface area contributed by atoms with Crippen LogP contribution in [0.1, 0.15) is 0 Å². The van der Waals surface area contributed by atoms with Crippen molar-refractivity contribution < 1.29 is 4.74 Å². The molecule has 1 aliphatic heterocycles. The number of nitrogens with one attached hydrogen (secondary N) is 1. The summed E-state index contributed by atoms with van der Waals surface area (Å²) in [6.07, 6.45) is 0. The van der Waals surface area contributed by atoms with E-state index in [1.807, 2.05) is 12.1 Å². The van der Waals surface area contributed by atoms with Crippen molar-refractivity contribution in [1.29, 1.82) is 0 Å². The minimum Gasteiger partial charge on any atom is -0.492 e. The van der Waals surface area contributed by atoms with E-state index >= 15 is 0 Å². The second kappa shape index (κ2) is 6.42. The van der Waals surface area contributed by atoms with E-state index in [2.05, 4.69) is 44.9 Å². The Morgan fingerprint density at radius 3 is 2.56 bits per heavy atom. The van der Waals surface area contributed by atoms with Gasteiger partial charge in [0.15, 0.2) is 0 Å². The maximum absolute atomic E-state index is 5.70. The highest BCUT2D eigenvalue weighted by Gasteiger charge is 2.08. The summed E-state index contributed by atoms with van der Waals surface area (Å²) < 4.78 is 6.94. The molecule has 0 saturated carbocycles.